The zero-order chi connectivity index (χ0) is 24.5. The van der Waals surface area contributed by atoms with Gasteiger partial charge in [-0.2, -0.15) is 0 Å². The van der Waals surface area contributed by atoms with E-state index in [9.17, 15) is 23.9 Å². The lowest BCUT2D eigenvalue weighted by atomic mass is 10.0. The predicted octanol–water partition coefficient (Wildman–Crippen LogP) is 1.97. The van der Waals surface area contributed by atoms with Gasteiger partial charge < -0.3 is 20.1 Å². The maximum Gasteiger partial charge on any atom is 0.268 e. The number of carbonyl (C=O) groups is 2. The molecule has 3 aromatic rings. The number of likely N-dealkylation sites (tertiary alicyclic amines) is 1. The summed E-state index contributed by atoms with van der Waals surface area (Å²) < 4.78 is 20.5. The van der Waals surface area contributed by atoms with E-state index < -0.39 is 17.2 Å². The van der Waals surface area contributed by atoms with Crippen LogP contribution in [0.1, 0.15) is 40.7 Å². The predicted molar refractivity (Wildman–Crippen MR) is 125 cm³/mol. The van der Waals surface area contributed by atoms with E-state index in [1.54, 1.807) is 17.0 Å². The van der Waals surface area contributed by atoms with Crippen LogP contribution >= 0.6 is 0 Å². The smallest absolute Gasteiger partial charge is 0.268 e. The van der Waals surface area contributed by atoms with Crippen molar-refractivity contribution >= 4 is 22.8 Å². The number of hydrogen-bond acceptors (Lipinski definition) is 6. The van der Waals surface area contributed by atoms with Crippen molar-refractivity contribution in [3.63, 3.8) is 0 Å². The molecular formula is C25H25FN4O5. The van der Waals surface area contributed by atoms with Crippen LogP contribution in [-0.2, 0) is 17.8 Å². The first-order valence-corrected chi connectivity index (χ1v) is 11.6. The van der Waals surface area contributed by atoms with Gasteiger partial charge >= 0.3 is 0 Å². The zero-order valence-electron chi connectivity index (χ0n) is 19.1. The number of pyridine rings is 2. The highest BCUT2D eigenvalue weighted by atomic mass is 19.1. The molecule has 0 saturated carbocycles. The van der Waals surface area contributed by atoms with Crippen LogP contribution in [-0.4, -0.2) is 57.6 Å². The third-order valence-electron chi connectivity index (χ3n) is 6.43. The van der Waals surface area contributed by atoms with Crippen LogP contribution in [0.25, 0.3) is 11.0 Å². The summed E-state index contributed by atoms with van der Waals surface area (Å²) in [4.78, 5) is 43.9. The Kier molecular flexibility index (Phi) is 6.10. The number of amides is 2. The molecule has 0 aliphatic carbocycles. The summed E-state index contributed by atoms with van der Waals surface area (Å²) in [7, 11) is 0. The number of halogens is 1. The lowest BCUT2D eigenvalue weighted by Crippen LogP contribution is -2.37. The number of rotatable bonds is 7. The van der Waals surface area contributed by atoms with Crippen molar-refractivity contribution < 1.29 is 23.8 Å². The zero-order valence-corrected chi connectivity index (χ0v) is 19.1. The number of carbonyl (C=O) groups excluding carboxylic acids is 2. The Bertz CT molecular complexity index is 1370. The maximum atomic E-state index is 13.3. The van der Waals surface area contributed by atoms with Gasteiger partial charge in [-0.15, -0.1) is 0 Å². The van der Waals surface area contributed by atoms with E-state index in [0.29, 0.717) is 42.6 Å². The number of benzene rings is 1. The fourth-order valence-corrected chi connectivity index (χ4v) is 4.67. The molecule has 10 heteroatoms. The largest absolute Gasteiger partial charge is 0.505 e. The van der Waals surface area contributed by atoms with Gasteiger partial charge in [0.2, 0.25) is 5.91 Å². The molecular weight excluding hydrogens is 455 g/mol. The molecule has 2 amide bonds. The van der Waals surface area contributed by atoms with Crippen molar-refractivity contribution in [2.75, 3.05) is 26.2 Å². The molecule has 2 aliphatic heterocycles. The van der Waals surface area contributed by atoms with Crippen LogP contribution in [0.5, 0.6) is 11.5 Å². The summed E-state index contributed by atoms with van der Waals surface area (Å²) in [6, 6.07) is 6.05. The standard InChI is InChI=1S/C25H25FN4O5/c26-17-6-4-15(5-7-17)13-16-14-28-20-21-23(16)35-12-11-30(21)25(34)19(22(20)32)24(33)27-8-2-10-29-9-1-3-18(29)31/h4-7,14,32H,1-3,8-13H2,(H,27,33). The Morgan fingerprint density at radius 3 is 2.74 bits per heavy atom. The van der Waals surface area contributed by atoms with Gasteiger partial charge in [0.15, 0.2) is 11.5 Å². The van der Waals surface area contributed by atoms with Gasteiger partial charge in [0.1, 0.15) is 29.0 Å². The van der Waals surface area contributed by atoms with Crippen molar-refractivity contribution in [2.45, 2.75) is 32.2 Å². The monoisotopic (exact) mass is 480 g/mol. The summed E-state index contributed by atoms with van der Waals surface area (Å²) in [5.74, 6) is -0.981. The van der Waals surface area contributed by atoms with Gasteiger partial charge in [-0.3, -0.25) is 23.9 Å². The second-order valence-electron chi connectivity index (χ2n) is 8.74. The molecule has 0 bridgehead atoms. The molecule has 9 nitrogen and oxygen atoms in total. The third kappa shape index (κ3) is 4.31. The molecule has 0 spiro atoms. The van der Waals surface area contributed by atoms with Crippen LogP contribution in [0, 0.1) is 5.82 Å². The van der Waals surface area contributed by atoms with Crippen molar-refractivity contribution in [3.8, 4) is 11.5 Å². The lowest BCUT2D eigenvalue weighted by molar-refractivity contribution is -0.127. The first kappa shape index (κ1) is 22.8. The van der Waals surface area contributed by atoms with Gasteiger partial charge in [-0.05, 0) is 30.5 Å². The summed E-state index contributed by atoms with van der Waals surface area (Å²) in [5, 5.41) is 13.5. The minimum atomic E-state index is -0.684. The number of nitrogens with zero attached hydrogens (tertiary/aromatic N) is 3. The van der Waals surface area contributed by atoms with Gasteiger partial charge in [0.25, 0.3) is 11.5 Å². The Morgan fingerprint density at radius 1 is 1.20 bits per heavy atom. The average molecular weight is 480 g/mol. The van der Waals surface area contributed by atoms with E-state index in [4.69, 9.17) is 4.74 Å². The van der Waals surface area contributed by atoms with E-state index in [1.165, 1.54) is 22.9 Å². The maximum absolute atomic E-state index is 13.3. The average Bonchev–Trinajstić information content (AvgIpc) is 3.27. The Balaban J connectivity index is 1.41. The third-order valence-corrected chi connectivity index (χ3v) is 6.43. The summed E-state index contributed by atoms with van der Waals surface area (Å²) in [5.41, 5.74) is 0.985. The Hall–Kier alpha value is -3.95. The van der Waals surface area contributed by atoms with Crippen molar-refractivity contribution in [1.29, 1.82) is 0 Å². The normalized spacial score (nSPS) is 14.9. The first-order valence-electron chi connectivity index (χ1n) is 11.6. The van der Waals surface area contributed by atoms with Crippen LogP contribution in [0.15, 0.2) is 35.3 Å². The van der Waals surface area contributed by atoms with E-state index in [1.807, 2.05) is 0 Å². The second kappa shape index (κ2) is 9.36. The van der Waals surface area contributed by atoms with Crippen LogP contribution in [0.2, 0.25) is 0 Å². The van der Waals surface area contributed by atoms with Crippen LogP contribution in [0.3, 0.4) is 0 Å². The number of aromatic nitrogens is 2. The highest BCUT2D eigenvalue weighted by Gasteiger charge is 2.28. The molecule has 0 atom stereocenters. The summed E-state index contributed by atoms with van der Waals surface area (Å²) in [6.45, 7) is 1.95. The molecule has 182 valence electrons. The molecule has 2 N–H and O–H groups in total. The summed E-state index contributed by atoms with van der Waals surface area (Å²) in [6.07, 6.45) is 3.88. The minimum Gasteiger partial charge on any atom is -0.505 e. The van der Waals surface area contributed by atoms with Gasteiger partial charge in [-0.25, -0.2) is 4.39 Å². The number of aromatic hydroxyl groups is 1. The lowest BCUT2D eigenvalue weighted by Gasteiger charge is -2.23. The van der Waals surface area contributed by atoms with Crippen molar-refractivity contribution in [3.05, 3.63) is 63.3 Å². The van der Waals surface area contributed by atoms with Gasteiger partial charge in [0.05, 0.1) is 6.54 Å². The minimum absolute atomic E-state index is 0.106. The Labute approximate surface area is 200 Å². The quantitative estimate of drug-likeness (QED) is 0.500. The topological polar surface area (TPSA) is 114 Å². The van der Waals surface area contributed by atoms with E-state index in [2.05, 4.69) is 10.3 Å². The molecule has 35 heavy (non-hydrogen) atoms. The summed E-state index contributed by atoms with van der Waals surface area (Å²) >= 11 is 0. The fraction of sp³-hybridized carbons (Fsp3) is 0.360. The molecule has 4 heterocycles. The molecule has 1 fully saturated rings. The molecule has 2 aliphatic rings. The molecule has 1 saturated heterocycles. The molecule has 5 rings (SSSR count). The highest BCUT2D eigenvalue weighted by Crippen LogP contribution is 2.36. The Morgan fingerprint density at radius 2 is 2.00 bits per heavy atom. The van der Waals surface area contributed by atoms with E-state index in [-0.39, 0.29) is 42.5 Å². The SMILES string of the molecule is O=C(NCCCN1CCCC1=O)c1c(O)c2ncc(Cc3ccc(F)cc3)c3c2n(c1=O)CCO3. The number of ether oxygens (including phenoxy) is 1. The molecule has 0 radical (unpaired) electrons. The molecule has 0 unspecified atom stereocenters. The number of nitrogens with one attached hydrogen (secondary N) is 1. The second-order valence-corrected chi connectivity index (χ2v) is 8.74. The van der Waals surface area contributed by atoms with Crippen molar-refractivity contribution in [2.24, 2.45) is 0 Å². The highest BCUT2D eigenvalue weighted by molar-refractivity contribution is 6.02. The fourth-order valence-electron chi connectivity index (χ4n) is 4.67. The van der Waals surface area contributed by atoms with Gasteiger partial charge in [0, 0.05) is 44.2 Å². The van der Waals surface area contributed by atoms with Gasteiger partial charge in [-0.1, -0.05) is 12.1 Å². The van der Waals surface area contributed by atoms with Crippen molar-refractivity contribution in [1.82, 2.24) is 19.8 Å². The first-order chi connectivity index (χ1) is 16.9. The van der Waals surface area contributed by atoms with Crippen LogP contribution in [0.4, 0.5) is 4.39 Å². The van der Waals surface area contributed by atoms with E-state index >= 15 is 0 Å². The molecule has 2 aromatic heterocycles. The molecule has 1 aromatic carbocycles. The number of hydrogen-bond donors (Lipinski definition) is 2. The van der Waals surface area contributed by atoms with E-state index in [0.717, 1.165) is 18.5 Å². The van der Waals surface area contributed by atoms with Crippen LogP contribution < -0.4 is 15.6 Å².